The van der Waals surface area contributed by atoms with Crippen LogP contribution in [0.4, 0.5) is 5.69 Å². The van der Waals surface area contributed by atoms with Crippen molar-refractivity contribution in [1.82, 2.24) is 0 Å². The SMILES string of the molecule is CCOC(=O)c1ccc(NC2COC2)cc1. The Hall–Kier alpha value is -1.55. The zero-order valence-corrected chi connectivity index (χ0v) is 9.23. The average Bonchev–Trinajstić information content (AvgIpc) is 2.25. The number of carbonyl (C=O) groups excluding carboxylic acids is 1. The number of hydrogen-bond donors (Lipinski definition) is 1. The van der Waals surface area contributed by atoms with Gasteiger partial charge in [-0.3, -0.25) is 0 Å². The second-order valence-electron chi connectivity index (χ2n) is 3.68. The molecule has 1 heterocycles. The van der Waals surface area contributed by atoms with E-state index >= 15 is 0 Å². The smallest absolute Gasteiger partial charge is 0.338 e. The minimum Gasteiger partial charge on any atom is -0.462 e. The lowest BCUT2D eigenvalue weighted by Crippen LogP contribution is -2.40. The molecule has 1 saturated heterocycles. The Morgan fingerprint density at radius 1 is 1.44 bits per heavy atom. The van der Waals surface area contributed by atoms with Crippen molar-refractivity contribution in [2.45, 2.75) is 13.0 Å². The number of benzene rings is 1. The van der Waals surface area contributed by atoms with Gasteiger partial charge in [0.15, 0.2) is 0 Å². The molecule has 0 saturated carbocycles. The molecule has 0 atom stereocenters. The van der Waals surface area contributed by atoms with Gasteiger partial charge in [-0.2, -0.15) is 0 Å². The van der Waals surface area contributed by atoms with Crippen LogP contribution in [-0.4, -0.2) is 31.8 Å². The van der Waals surface area contributed by atoms with Gasteiger partial charge >= 0.3 is 5.97 Å². The highest BCUT2D eigenvalue weighted by molar-refractivity contribution is 5.89. The van der Waals surface area contributed by atoms with E-state index in [1.54, 1.807) is 19.1 Å². The highest BCUT2D eigenvalue weighted by Crippen LogP contribution is 2.14. The number of carbonyl (C=O) groups is 1. The molecule has 1 aromatic rings. The van der Waals surface area contributed by atoms with Gasteiger partial charge in [-0.25, -0.2) is 4.79 Å². The van der Waals surface area contributed by atoms with Gasteiger partial charge in [-0.1, -0.05) is 0 Å². The maximum absolute atomic E-state index is 11.4. The lowest BCUT2D eigenvalue weighted by atomic mass is 10.2. The van der Waals surface area contributed by atoms with Gasteiger partial charge in [-0.15, -0.1) is 0 Å². The standard InChI is InChI=1S/C12H15NO3/c1-2-16-12(14)9-3-5-10(6-4-9)13-11-7-15-8-11/h3-6,11,13H,2,7-8H2,1H3. The lowest BCUT2D eigenvalue weighted by molar-refractivity contribution is 0.0211. The van der Waals surface area contributed by atoms with E-state index < -0.39 is 0 Å². The largest absolute Gasteiger partial charge is 0.462 e. The fourth-order valence-corrected chi connectivity index (χ4v) is 1.47. The number of rotatable bonds is 4. The second kappa shape index (κ2) is 4.99. The van der Waals surface area contributed by atoms with Crippen LogP contribution >= 0.6 is 0 Å². The number of esters is 1. The Labute approximate surface area is 94.6 Å². The van der Waals surface area contributed by atoms with Crippen LogP contribution in [0.3, 0.4) is 0 Å². The van der Waals surface area contributed by atoms with E-state index in [0.29, 0.717) is 18.2 Å². The van der Waals surface area contributed by atoms with Crippen LogP contribution in [0.2, 0.25) is 0 Å². The van der Waals surface area contributed by atoms with Crippen molar-refractivity contribution in [3.63, 3.8) is 0 Å². The molecular formula is C12H15NO3. The van der Waals surface area contributed by atoms with Crippen LogP contribution in [-0.2, 0) is 9.47 Å². The van der Waals surface area contributed by atoms with Crippen LogP contribution in [0.1, 0.15) is 17.3 Å². The van der Waals surface area contributed by atoms with Gasteiger partial charge in [-0.05, 0) is 31.2 Å². The fourth-order valence-electron chi connectivity index (χ4n) is 1.47. The van der Waals surface area contributed by atoms with Gasteiger partial charge in [0.05, 0.1) is 31.4 Å². The molecule has 0 aromatic heterocycles. The third kappa shape index (κ3) is 2.52. The molecule has 0 radical (unpaired) electrons. The molecule has 0 spiro atoms. The first-order valence-corrected chi connectivity index (χ1v) is 5.41. The molecule has 4 heteroatoms. The second-order valence-corrected chi connectivity index (χ2v) is 3.68. The molecule has 0 aliphatic carbocycles. The van der Waals surface area contributed by atoms with Gasteiger partial charge in [0, 0.05) is 5.69 Å². The number of hydrogen-bond acceptors (Lipinski definition) is 4. The summed E-state index contributed by atoms with van der Waals surface area (Å²) >= 11 is 0. The Kier molecular flexibility index (Phi) is 3.41. The van der Waals surface area contributed by atoms with E-state index in [0.717, 1.165) is 18.9 Å². The first-order chi connectivity index (χ1) is 7.79. The van der Waals surface area contributed by atoms with Crippen molar-refractivity contribution >= 4 is 11.7 Å². The quantitative estimate of drug-likeness (QED) is 0.786. The van der Waals surface area contributed by atoms with E-state index in [1.807, 2.05) is 12.1 Å². The number of ether oxygens (including phenoxy) is 2. The highest BCUT2D eigenvalue weighted by atomic mass is 16.5. The molecular weight excluding hydrogens is 206 g/mol. The Morgan fingerprint density at radius 3 is 2.62 bits per heavy atom. The molecule has 0 amide bonds. The van der Waals surface area contributed by atoms with Gasteiger partial charge in [0.25, 0.3) is 0 Å². The highest BCUT2D eigenvalue weighted by Gasteiger charge is 2.17. The maximum Gasteiger partial charge on any atom is 0.338 e. The first-order valence-electron chi connectivity index (χ1n) is 5.41. The molecule has 1 fully saturated rings. The van der Waals surface area contributed by atoms with Crippen molar-refractivity contribution < 1.29 is 14.3 Å². The number of nitrogens with one attached hydrogen (secondary N) is 1. The summed E-state index contributed by atoms with van der Waals surface area (Å²) in [6.45, 7) is 3.70. The summed E-state index contributed by atoms with van der Waals surface area (Å²) in [7, 11) is 0. The summed E-state index contributed by atoms with van der Waals surface area (Å²) in [6.07, 6.45) is 0. The molecule has 1 aliphatic heterocycles. The fraction of sp³-hybridized carbons (Fsp3) is 0.417. The van der Waals surface area contributed by atoms with Gasteiger partial charge < -0.3 is 14.8 Å². The normalized spacial score (nSPS) is 15.3. The van der Waals surface area contributed by atoms with E-state index in [1.165, 1.54) is 0 Å². The van der Waals surface area contributed by atoms with Crippen molar-refractivity contribution in [2.75, 3.05) is 25.1 Å². The predicted molar refractivity (Wildman–Crippen MR) is 60.6 cm³/mol. The minimum atomic E-state index is -0.277. The summed E-state index contributed by atoms with van der Waals surface area (Å²) in [6, 6.07) is 7.68. The molecule has 1 N–H and O–H groups in total. The molecule has 2 rings (SSSR count). The summed E-state index contributed by atoms with van der Waals surface area (Å²) in [5, 5.41) is 3.30. The maximum atomic E-state index is 11.4. The lowest BCUT2D eigenvalue weighted by Gasteiger charge is -2.27. The Bertz CT molecular complexity index is 357. The molecule has 1 aliphatic rings. The Balaban J connectivity index is 1.95. The van der Waals surface area contributed by atoms with E-state index in [-0.39, 0.29) is 5.97 Å². The molecule has 86 valence electrons. The van der Waals surface area contributed by atoms with E-state index in [2.05, 4.69) is 5.32 Å². The molecule has 1 aromatic carbocycles. The monoisotopic (exact) mass is 221 g/mol. The first kappa shape index (κ1) is 11.0. The van der Waals surface area contributed by atoms with Gasteiger partial charge in [0.1, 0.15) is 0 Å². The topological polar surface area (TPSA) is 47.6 Å². The zero-order chi connectivity index (χ0) is 11.4. The predicted octanol–water partition coefficient (Wildman–Crippen LogP) is 1.67. The number of anilines is 1. The third-order valence-electron chi connectivity index (χ3n) is 2.40. The van der Waals surface area contributed by atoms with E-state index in [9.17, 15) is 4.79 Å². The van der Waals surface area contributed by atoms with Crippen LogP contribution in [0.25, 0.3) is 0 Å². The summed E-state index contributed by atoms with van der Waals surface area (Å²) in [5.41, 5.74) is 1.58. The van der Waals surface area contributed by atoms with Crippen molar-refractivity contribution in [1.29, 1.82) is 0 Å². The molecule has 16 heavy (non-hydrogen) atoms. The van der Waals surface area contributed by atoms with Crippen molar-refractivity contribution in [2.24, 2.45) is 0 Å². The summed E-state index contributed by atoms with van der Waals surface area (Å²) in [5.74, 6) is -0.277. The summed E-state index contributed by atoms with van der Waals surface area (Å²) in [4.78, 5) is 11.4. The van der Waals surface area contributed by atoms with Crippen LogP contribution in [0.5, 0.6) is 0 Å². The van der Waals surface area contributed by atoms with Crippen molar-refractivity contribution in [3.8, 4) is 0 Å². The van der Waals surface area contributed by atoms with Crippen LogP contribution < -0.4 is 5.32 Å². The summed E-state index contributed by atoms with van der Waals surface area (Å²) < 4.78 is 9.97. The van der Waals surface area contributed by atoms with Gasteiger partial charge in [0.2, 0.25) is 0 Å². The average molecular weight is 221 g/mol. The van der Waals surface area contributed by atoms with E-state index in [4.69, 9.17) is 9.47 Å². The third-order valence-corrected chi connectivity index (χ3v) is 2.40. The zero-order valence-electron chi connectivity index (χ0n) is 9.23. The molecule has 0 bridgehead atoms. The minimum absolute atomic E-state index is 0.277. The van der Waals surface area contributed by atoms with Crippen LogP contribution in [0, 0.1) is 0 Å². The molecule has 0 unspecified atom stereocenters. The van der Waals surface area contributed by atoms with Crippen LogP contribution in [0.15, 0.2) is 24.3 Å². The molecule has 4 nitrogen and oxygen atoms in total. The Morgan fingerprint density at radius 2 is 2.12 bits per heavy atom. The van der Waals surface area contributed by atoms with Crippen molar-refractivity contribution in [3.05, 3.63) is 29.8 Å².